The van der Waals surface area contributed by atoms with Crippen molar-refractivity contribution < 1.29 is 9.15 Å². The maximum absolute atomic E-state index is 11.4. The van der Waals surface area contributed by atoms with Crippen molar-refractivity contribution in [2.45, 2.75) is 27.2 Å². The second-order valence-corrected chi connectivity index (χ2v) is 5.19. The van der Waals surface area contributed by atoms with E-state index in [1.165, 1.54) is 11.6 Å². The van der Waals surface area contributed by atoms with Gasteiger partial charge in [0.25, 0.3) is 0 Å². The zero-order chi connectivity index (χ0) is 14.5. The fourth-order valence-corrected chi connectivity index (χ4v) is 2.02. The minimum atomic E-state index is -0.299. The van der Waals surface area contributed by atoms with Crippen LogP contribution in [-0.2, 0) is 11.2 Å². The van der Waals surface area contributed by atoms with Crippen molar-refractivity contribution in [1.82, 2.24) is 0 Å². The maximum atomic E-state index is 11.4. The summed E-state index contributed by atoms with van der Waals surface area (Å²) in [6, 6.07) is 7.50. The van der Waals surface area contributed by atoms with Crippen molar-refractivity contribution >= 4 is 11.0 Å². The first-order valence-electron chi connectivity index (χ1n) is 6.81. The molecule has 2 rings (SSSR count). The third kappa shape index (κ3) is 3.81. The molecule has 0 atom stereocenters. The molecular weight excluding hydrogens is 252 g/mol. The Kier molecular flexibility index (Phi) is 4.74. The van der Waals surface area contributed by atoms with E-state index >= 15 is 0 Å². The van der Waals surface area contributed by atoms with Crippen LogP contribution in [0.25, 0.3) is 11.0 Å². The lowest BCUT2D eigenvalue weighted by molar-refractivity contribution is 0.165. The predicted molar refractivity (Wildman–Crippen MR) is 81.2 cm³/mol. The normalized spacial score (nSPS) is 10.8. The summed E-state index contributed by atoms with van der Waals surface area (Å²) in [5.41, 5.74) is 3.67. The summed E-state index contributed by atoms with van der Waals surface area (Å²) in [5, 5.41) is 0.985. The number of aryl methyl sites for hydroxylation is 1. The Morgan fingerprint density at radius 2 is 2.10 bits per heavy atom. The fourth-order valence-electron chi connectivity index (χ4n) is 2.02. The van der Waals surface area contributed by atoms with Crippen LogP contribution in [0.2, 0.25) is 0 Å². The van der Waals surface area contributed by atoms with Gasteiger partial charge in [0.2, 0.25) is 0 Å². The van der Waals surface area contributed by atoms with Gasteiger partial charge in [-0.1, -0.05) is 23.8 Å². The Morgan fingerprint density at radius 1 is 1.30 bits per heavy atom. The Labute approximate surface area is 118 Å². The van der Waals surface area contributed by atoms with E-state index < -0.39 is 0 Å². The standard InChI is InChI=1S/C17H20O3/c1-12(2)6-8-19-9-7-14-4-5-15-13(3)10-17(18)20-16(15)11-14/h4-6,10-11H,7-9H2,1-3H3. The molecule has 0 N–H and O–H groups in total. The molecule has 0 saturated carbocycles. The summed E-state index contributed by atoms with van der Waals surface area (Å²) in [6.07, 6.45) is 2.87. The number of hydrogen-bond acceptors (Lipinski definition) is 3. The van der Waals surface area contributed by atoms with Crippen LogP contribution < -0.4 is 5.63 Å². The van der Waals surface area contributed by atoms with Crippen LogP contribution in [0.5, 0.6) is 0 Å². The zero-order valence-corrected chi connectivity index (χ0v) is 12.2. The van der Waals surface area contributed by atoms with Gasteiger partial charge in [-0.25, -0.2) is 4.79 Å². The van der Waals surface area contributed by atoms with E-state index in [2.05, 4.69) is 26.0 Å². The SMILES string of the molecule is CC(C)=CCOCCc1ccc2c(C)cc(=O)oc2c1. The van der Waals surface area contributed by atoms with E-state index in [1.54, 1.807) is 0 Å². The van der Waals surface area contributed by atoms with E-state index in [1.807, 2.05) is 19.1 Å². The van der Waals surface area contributed by atoms with E-state index in [0.717, 1.165) is 22.9 Å². The van der Waals surface area contributed by atoms with Crippen LogP contribution in [0, 0.1) is 6.92 Å². The largest absolute Gasteiger partial charge is 0.423 e. The summed E-state index contributed by atoms with van der Waals surface area (Å²) in [6.45, 7) is 7.32. The lowest BCUT2D eigenvalue weighted by Crippen LogP contribution is -2.01. The average Bonchev–Trinajstić information content (AvgIpc) is 2.37. The van der Waals surface area contributed by atoms with Gasteiger partial charge < -0.3 is 9.15 Å². The van der Waals surface area contributed by atoms with Gasteiger partial charge in [-0.3, -0.25) is 0 Å². The smallest absolute Gasteiger partial charge is 0.336 e. The maximum Gasteiger partial charge on any atom is 0.336 e. The summed E-state index contributed by atoms with van der Waals surface area (Å²) < 4.78 is 10.8. The molecule has 0 spiro atoms. The van der Waals surface area contributed by atoms with Crippen LogP contribution in [0.4, 0.5) is 0 Å². The number of ether oxygens (including phenoxy) is 1. The molecule has 1 heterocycles. The van der Waals surface area contributed by atoms with Crippen LogP contribution in [0.1, 0.15) is 25.0 Å². The van der Waals surface area contributed by atoms with Crippen molar-refractivity contribution in [1.29, 1.82) is 0 Å². The third-order valence-electron chi connectivity index (χ3n) is 3.16. The van der Waals surface area contributed by atoms with Crippen LogP contribution >= 0.6 is 0 Å². The number of allylic oxidation sites excluding steroid dienone is 1. The van der Waals surface area contributed by atoms with Gasteiger partial charge in [-0.15, -0.1) is 0 Å². The molecule has 0 aliphatic rings. The van der Waals surface area contributed by atoms with Crippen LogP contribution in [0.15, 0.2) is 45.1 Å². The van der Waals surface area contributed by atoms with Crippen molar-refractivity contribution in [3.8, 4) is 0 Å². The summed E-state index contributed by atoms with van der Waals surface area (Å²) in [7, 11) is 0. The summed E-state index contributed by atoms with van der Waals surface area (Å²) in [4.78, 5) is 11.4. The Balaban J connectivity index is 2.05. The van der Waals surface area contributed by atoms with Gasteiger partial charge in [0, 0.05) is 11.5 Å². The molecule has 0 saturated heterocycles. The highest BCUT2D eigenvalue weighted by Crippen LogP contribution is 2.18. The van der Waals surface area contributed by atoms with Crippen molar-refractivity contribution in [3.63, 3.8) is 0 Å². The van der Waals surface area contributed by atoms with Crippen LogP contribution in [0.3, 0.4) is 0 Å². The van der Waals surface area contributed by atoms with E-state index in [0.29, 0.717) is 18.8 Å². The highest BCUT2D eigenvalue weighted by Gasteiger charge is 2.03. The van der Waals surface area contributed by atoms with Crippen molar-refractivity contribution in [3.05, 3.63) is 57.5 Å². The number of hydrogen-bond donors (Lipinski definition) is 0. The molecule has 20 heavy (non-hydrogen) atoms. The molecule has 0 bridgehead atoms. The number of fused-ring (bicyclic) bond motifs is 1. The second kappa shape index (κ2) is 6.53. The quantitative estimate of drug-likeness (QED) is 0.474. The molecule has 1 aromatic carbocycles. The summed E-state index contributed by atoms with van der Waals surface area (Å²) >= 11 is 0. The lowest BCUT2D eigenvalue weighted by Gasteiger charge is -2.05. The third-order valence-corrected chi connectivity index (χ3v) is 3.16. The Hall–Kier alpha value is -1.87. The molecule has 106 valence electrons. The molecule has 2 aromatic rings. The highest BCUT2D eigenvalue weighted by atomic mass is 16.5. The van der Waals surface area contributed by atoms with Gasteiger partial charge in [0.1, 0.15) is 5.58 Å². The van der Waals surface area contributed by atoms with Gasteiger partial charge in [0.15, 0.2) is 0 Å². The molecule has 3 heteroatoms. The molecule has 0 fully saturated rings. The van der Waals surface area contributed by atoms with Gasteiger partial charge >= 0.3 is 5.63 Å². The van der Waals surface area contributed by atoms with Crippen LogP contribution in [-0.4, -0.2) is 13.2 Å². The number of rotatable bonds is 5. The highest BCUT2D eigenvalue weighted by molar-refractivity contribution is 5.80. The molecule has 0 aliphatic heterocycles. The fraction of sp³-hybridized carbons (Fsp3) is 0.353. The van der Waals surface area contributed by atoms with Crippen molar-refractivity contribution in [2.75, 3.05) is 13.2 Å². The topological polar surface area (TPSA) is 39.4 Å². The van der Waals surface area contributed by atoms with Gasteiger partial charge in [-0.05, 0) is 44.4 Å². The minimum absolute atomic E-state index is 0.299. The summed E-state index contributed by atoms with van der Waals surface area (Å²) in [5.74, 6) is 0. The molecular formula is C17H20O3. The monoisotopic (exact) mass is 272 g/mol. The Bertz CT molecular complexity index is 676. The zero-order valence-electron chi connectivity index (χ0n) is 12.2. The van der Waals surface area contributed by atoms with Gasteiger partial charge in [-0.2, -0.15) is 0 Å². The first kappa shape index (κ1) is 14.5. The Morgan fingerprint density at radius 3 is 2.85 bits per heavy atom. The average molecular weight is 272 g/mol. The first-order valence-corrected chi connectivity index (χ1v) is 6.81. The van der Waals surface area contributed by atoms with E-state index in [9.17, 15) is 4.79 Å². The van der Waals surface area contributed by atoms with Gasteiger partial charge in [0.05, 0.1) is 13.2 Å². The first-order chi connectivity index (χ1) is 9.56. The molecule has 1 aromatic heterocycles. The molecule has 0 amide bonds. The molecule has 0 radical (unpaired) electrons. The van der Waals surface area contributed by atoms with E-state index in [4.69, 9.17) is 9.15 Å². The lowest BCUT2D eigenvalue weighted by atomic mass is 10.1. The molecule has 0 aliphatic carbocycles. The predicted octanol–water partition coefficient (Wildman–Crippen LogP) is 3.63. The molecule has 3 nitrogen and oxygen atoms in total. The van der Waals surface area contributed by atoms with E-state index in [-0.39, 0.29) is 5.63 Å². The number of benzene rings is 1. The minimum Gasteiger partial charge on any atom is -0.423 e. The molecule has 0 unspecified atom stereocenters. The second-order valence-electron chi connectivity index (χ2n) is 5.19. The van der Waals surface area contributed by atoms with Crippen molar-refractivity contribution in [2.24, 2.45) is 0 Å².